The first-order valence-corrected chi connectivity index (χ1v) is 8.58. The molecule has 0 saturated carbocycles. The molecule has 0 radical (unpaired) electrons. The molecule has 0 aliphatic rings. The normalized spacial score (nSPS) is 11.2. The second-order valence-corrected chi connectivity index (χ2v) is 7.25. The zero-order valence-corrected chi connectivity index (χ0v) is 13.2. The molecule has 0 aliphatic carbocycles. The molecule has 19 heavy (non-hydrogen) atoms. The monoisotopic (exact) mass is 387 g/mol. The van der Waals surface area contributed by atoms with Gasteiger partial charge in [0.05, 0.1) is 5.75 Å². The van der Waals surface area contributed by atoms with Gasteiger partial charge in [-0.1, -0.05) is 36.4 Å². The van der Waals surface area contributed by atoms with Gasteiger partial charge in [-0.15, -0.1) is 0 Å². The first-order chi connectivity index (χ1) is 9.05. The summed E-state index contributed by atoms with van der Waals surface area (Å²) in [5.41, 5.74) is 1.63. The van der Waals surface area contributed by atoms with Crippen LogP contribution in [0.15, 0.2) is 54.6 Å². The SMILES string of the molecule is O=S(=O)(CCc1ccccc1)Nc1cccc(I)c1. The molecule has 0 atom stereocenters. The van der Waals surface area contributed by atoms with Crippen LogP contribution in [0.2, 0.25) is 0 Å². The standard InChI is InChI=1S/C14H14INO2S/c15-13-7-4-8-14(11-13)16-19(17,18)10-9-12-5-2-1-3-6-12/h1-8,11,16H,9-10H2. The molecule has 0 amide bonds. The minimum absolute atomic E-state index is 0.0858. The van der Waals surface area contributed by atoms with Crippen molar-refractivity contribution in [3.8, 4) is 0 Å². The van der Waals surface area contributed by atoms with E-state index in [0.717, 1.165) is 9.13 Å². The molecule has 0 fully saturated rings. The number of anilines is 1. The van der Waals surface area contributed by atoms with E-state index in [1.165, 1.54) is 0 Å². The number of nitrogens with one attached hydrogen (secondary N) is 1. The van der Waals surface area contributed by atoms with Crippen LogP contribution in [-0.2, 0) is 16.4 Å². The Morgan fingerprint density at radius 3 is 2.42 bits per heavy atom. The van der Waals surface area contributed by atoms with E-state index in [1.807, 2.05) is 42.5 Å². The highest BCUT2D eigenvalue weighted by molar-refractivity contribution is 14.1. The van der Waals surface area contributed by atoms with Crippen molar-refractivity contribution in [3.63, 3.8) is 0 Å². The Kier molecular flexibility index (Phi) is 4.81. The zero-order valence-electron chi connectivity index (χ0n) is 10.2. The van der Waals surface area contributed by atoms with Crippen molar-refractivity contribution in [1.29, 1.82) is 0 Å². The molecular formula is C14H14INO2S. The van der Waals surface area contributed by atoms with Gasteiger partial charge in [0.1, 0.15) is 0 Å². The van der Waals surface area contributed by atoms with Crippen molar-refractivity contribution in [1.82, 2.24) is 0 Å². The van der Waals surface area contributed by atoms with Crippen LogP contribution in [0.1, 0.15) is 5.56 Å². The summed E-state index contributed by atoms with van der Waals surface area (Å²) in [4.78, 5) is 0. The molecule has 100 valence electrons. The van der Waals surface area contributed by atoms with Crippen LogP contribution in [0, 0.1) is 3.57 Å². The molecule has 3 nitrogen and oxygen atoms in total. The van der Waals surface area contributed by atoms with Crippen LogP contribution < -0.4 is 4.72 Å². The smallest absolute Gasteiger partial charge is 0.233 e. The molecular weight excluding hydrogens is 373 g/mol. The van der Waals surface area contributed by atoms with E-state index in [1.54, 1.807) is 12.1 Å². The second-order valence-electron chi connectivity index (χ2n) is 4.17. The lowest BCUT2D eigenvalue weighted by Crippen LogP contribution is -2.18. The molecule has 2 aromatic carbocycles. The Morgan fingerprint density at radius 2 is 1.74 bits per heavy atom. The number of aryl methyl sites for hydroxylation is 1. The highest BCUT2D eigenvalue weighted by Gasteiger charge is 2.10. The quantitative estimate of drug-likeness (QED) is 0.801. The number of hydrogen-bond acceptors (Lipinski definition) is 2. The van der Waals surface area contributed by atoms with Crippen LogP contribution in [0.25, 0.3) is 0 Å². The first kappa shape index (κ1) is 14.3. The van der Waals surface area contributed by atoms with Crippen molar-refractivity contribution >= 4 is 38.3 Å². The van der Waals surface area contributed by atoms with Crippen molar-refractivity contribution in [3.05, 3.63) is 63.7 Å². The largest absolute Gasteiger partial charge is 0.284 e. The summed E-state index contributed by atoms with van der Waals surface area (Å²) >= 11 is 2.15. The van der Waals surface area contributed by atoms with Crippen LogP contribution in [0.3, 0.4) is 0 Å². The van der Waals surface area contributed by atoms with Crippen molar-refractivity contribution in [2.45, 2.75) is 6.42 Å². The summed E-state index contributed by atoms with van der Waals surface area (Å²) < 4.78 is 27.5. The van der Waals surface area contributed by atoms with Gasteiger partial charge in [-0.25, -0.2) is 8.42 Å². The van der Waals surface area contributed by atoms with Crippen LogP contribution >= 0.6 is 22.6 Å². The molecule has 2 rings (SSSR count). The number of halogens is 1. The Hall–Kier alpha value is -1.08. The zero-order chi connectivity index (χ0) is 13.7. The van der Waals surface area contributed by atoms with Crippen LogP contribution in [0.5, 0.6) is 0 Å². The summed E-state index contributed by atoms with van der Waals surface area (Å²) in [6.07, 6.45) is 0.514. The number of hydrogen-bond donors (Lipinski definition) is 1. The van der Waals surface area contributed by atoms with Crippen LogP contribution in [-0.4, -0.2) is 14.2 Å². The third kappa shape index (κ3) is 4.83. The minimum Gasteiger partial charge on any atom is -0.284 e. The third-order valence-corrected chi connectivity index (χ3v) is 4.56. The van der Waals surface area contributed by atoms with E-state index in [-0.39, 0.29) is 5.75 Å². The van der Waals surface area contributed by atoms with Gasteiger partial charge >= 0.3 is 0 Å². The molecule has 1 N–H and O–H groups in total. The summed E-state index contributed by atoms with van der Waals surface area (Å²) in [5, 5.41) is 0. The predicted molar refractivity (Wildman–Crippen MR) is 86.7 cm³/mol. The molecule has 2 aromatic rings. The molecule has 0 bridgehead atoms. The Balaban J connectivity index is 1.99. The molecule has 0 aromatic heterocycles. The van der Waals surface area contributed by atoms with Gasteiger partial charge in [0.2, 0.25) is 10.0 Å². The van der Waals surface area contributed by atoms with E-state index in [9.17, 15) is 8.42 Å². The Bertz CT molecular complexity index is 642. The van der Waals surface area contributed by atoms with E-state index in [4.69, 9.17) is 0 Å². The molecule has 0 spiro atoms. The number of sulfonamides is 1. The summed E-state index contributed by atoms with van der Waals surface area (Å²) in [7, 11) is -3.30. The highest BCUT2D eigenvalue weighted by Crippen LogP contribution is 2.14. The second kappa shape index (κ2) is 6.38. The fourth-order valence-corrected chi connectivity index (χ4v) is 3.32. The molecule has 0 heterocycles. The van der Waals surface area contributed by atoms with Crippen molar-refractivity contribution < 1.29 is 8.42 Å². The summed E-state index contributed by atoms with van der Waals surface area (Å²) in [6, 6.07) is 16.9. The molecule has 5 heteroatoms. The van der Waals surface area contributed by atoms with E-state index in [2.05, 4.69) is 27.3 Å². The lowest BCUT2D eigenvalue weighted by atomic mass is 10.2. The number of rotatable bonds is 5. The van der Waals surface area contributed by atoms with Gasteiger partial charge in [0.15, 0.2) is 0 Å². The Labute approximate surface area is 127 Å². The van der Waals surface area contributed by atoms with Crippen LogP contribution in [0.4, 0.5) is 5.69 Å². The average Bonchev–Trinajstić information content (AvgIpc) is 2.37. The minimum atomic E-state index is -3.30. The maximum Gasteiger partial charge on any atom is 0.233 e. The fourth-order valence-electron chi connectivity index (χ4n) is 1.68. The highest BCUT2D eigenvalue weighted by atomic mass is 127. The van der Waals surface area contributed by atoms with E-state index >= 15 is 0 Å². The first-order valence-electron chi connectivity index (χ1n) is 5.85. The third-order valence-electron chi connectivity index (χ3n) is 2.60. The van der Waals surface area contributed by atoms with Gasteiger partial charge in [0, 0.05) is 9.26 Å². The average molecular weight is 387 g/mol. The lowest BCUT2D eigenvalue weighted by Gasteiger charge is -2.08. The topological polar surface area (TPSA) is 46.2 Å². The van der Waals surface area contributed by atoms with Gasteiger partial charge in [0.25, 0.3) is 0 Å². The molecule has 0 aliphatic heterocycles. The summed E-state index contributed by atoms with van der Waals surface area (Å²) in [5.74, 6) is 0.0858. The molecule has 0 saturated heterocycles. The predicted octanol–water partition coefficient (Wildman–Crippen LogP) is 3.28. The maximum absolute atomic E-state index is 12.0. The Morgan fingerprint density at radius 1 is 1.00 bits per heavy atom. The maximum atomic E-state index is 12.0. The fraction of sp³-hybridized carbons (Fsp3) is 0.143. The van der Waals surface area contributed by atoms with E-state index < -0.39 is 10.0 Å². The van der Waals surface area contributed by atoms with E-state index in [0.29, 0.717) is 12.1 Å². The number of benzene rings is 2. The van der Waals surface area contributed by atoms with Gasteiger partial charge in [-0.3, -0.25) is 4.72 Å². The van der Waals surface area contributed by atoms with Gasteiger partial charge < -0.3 is 0 Å². The molecule has 0 unspecified atom stereocenters. The van der Waals surface area contributed by atoms with Crippen molar-refractivity contribution in [2.24, 2.45) is 0 Å². The van der Waals surface area contributed by atoms with Crippen molar-refractivity contribution in [2.75, 3.05) is 10.5 Å². The lowest BCUT2D eigenvalue weighted by molar-refractivity contribution is 0.600. The van der Waals surface area contributed by atoms with Gasteiger partial charge in [-0.05, 0) is 52.8 Å². The summed E-state index contributed by atoms with van der Waals surface area (Å²) in [6.45, 7) is 0. The van der Waals surface area contributed by atoms with Gasteiger partial charge in [-0.2, -0.15) is 0 Å².